The summed E-state index contributed by atoms with van der Waals surface area (Å²) in [6.07, 6.45) is 5.38. The Morgan fingerprint density at radius 1 is 1.64 bits per heavy atom. The molecule has 0 unspecified atom stereocenters. The van der Waals surface area contributed by atoms with Crippen molar-refractivity contribution in [1.82, 2.24) is 5.32 Å². The molecule has 14 heavy (non-hydrogen) atoms. The highest BCUT2D eigenvalue weighted by atomic mass is 16.5. The Balaban J connectivity index is 4.00. The van der Waals surface area contributed by atoms with Crippen molar-refractivity contribution >= 4 is 11.9 Å². The van der Waals surface area contributed by atoms with Crippen LogP contribution in [0.2, 0.25) is 0 Å². The molecule has 0 saturated carbocycles. The van der Waals surface area contributed by atoms with Gasteiger partial charge in [-0.2, -0.15) is 0 Å². The molecular formula is C9H13NO4. The lowest BCUT2D eigenvalue weighted by Gasteiger charge is -2.12. The maximum Gasteiger partial charge on any atom is 0.330 e. The molecule has 0 fully saturated rings. The number of methoxy groups -OCH3 is 1. The van der Waals surface area contributed by atoms with E-state index in [1.54, 1.807) is 0 Å². The summed E-state index contributed by atoms with van der Waals surface area (Å²) in [6, 6.07) is -1.01. The van der Waals surface area contributed by atoms with E-state index in [0.29, 0.717) is 6.42 Å². The summed E-state index contributed by atoms with van der Waals surface area (Å²) in [5.74, 6) is 1.23. The summed E-state index contributed by atoms with van der Waals surface area (Å²) >= 11 is 0. The minimum Gasteiger partial charge on any atom is -0.467 e. The highest BCUT2D eigenvalue weighted by molar-refractivity contribution is 5.84. The molecule has 0 heterocycles. The first-order valence-electron chi connectivity index (χ1n) is 4.07. The number of carbonyl (C=O) groups is 2. The van der Waals surface area contributed by atoms with Crippen molar-refractivity contribution in [2.24, 2.45) is 0 Å². The minimum atomic E-state index is -1.01. The van der Waals surface area contributed by atoms with Gasteiger partial charge in [0.25, 0.3) is 0 Å². The molecule has 5 heteroatoms. The van der Waals surface area contributed by atoms with Gasteiger partial charge in [-0.15, -0.1) is 12.3 Å². The number of terminal acetylenes is 1. The lowest BCUT2D eigenvalue weighted by Crippen LogP contribution is -2.43. The third-order valence-electron chi connectivity index (χ3n) is 1.50. The number of esters is 1. The van der Waals surface area contributed by atoms with Gasteiger partial charge in [0.1, 0.15) is 0 Å². The standard InChI is InChI=1S/C9H13NO4/c1-3-4-5-8(12)10-7(6-11)9(13)14-2/h1,7,11H,4-6H2,2H3,(H,10,12)/t7-/m1/s1. The molecule has 1 amide bonds. The molecule has 0 saturated heterocycles. The van der Waals surface area contributed by atoms with Crippen LogP contribution in [0.4, 0.5) is 0 Å². The van der Waals surface area contributed by atoms with Crippen LogP contribution in [0.1, 0.15) is 12.8 Å². The van der Waals surface area contributed by atoms with Gasteiger partial charge in [0.05, 0.1) is 13.7 Å². The molecule has 78 valence electrons. The number of hydrogen-bond acceptors (Lipinski definition) is 4. The lowest BCUT2D eigenvalue weighted by atomic mass is 10.2. The van der Waals surface area contributed by atoms with E-state index in [2.05, 4.69) is 16.0 Å². The largest absolute Gasteiger partial charge is 0.467 e. The highest BCUT2D eigenvalue weighted by Crippen LogP contribution is 1.91. The van der Waals surface area contributed by atoms with E-state index < -0.39 is 18.6 Å². The molecule has 0 aliphatic heterocycles. The summed E-state index contributed by atoms with van der Waals surface area (Å²) < 4.78 is 4.35. The topological polar surface area (TPSA) is 75.6 Å². The van der Waals surface area contributed by atoms with Crippen LogP contribution >= 0.6 is 0 Å². The number of aliphatic hydroxyl groups is 1. The average Bonchev–Trinajstić information content (AvgIpc) is 2.21. The van der Waals surface area contributed by atoms with Gasteiger partial charge >= 0.3 is 5.97 Å². The molecule has 0 aromatic heterocycles. The Kier molecular flexibility index (Phi) is 6.16. The highest BCUT2D eigenvalue weighted by Gasteiger charge is 2.19. The van der Waals surface area contributed by atoms with E-state index in [4.69, 9.17) is 11.5 Å². The first-order chi connectivity index (χ1) is 6.65. The molecule has 0 aromatic rings. The molecule has 0 spiro atoms. The molecule has 0 aromatic carbocycles. The van der Waals surface area contributed by atoms with Crippen LogP contribution in [0.25, 0.3) is 0 Å². The van der Waals surface area contributed by atoms with Crippen LogP contribution in [0, 0.1) is 12.3 Å². The summed E-state index contributed by atoms with van der Waals surface area (Å²) in [5, 5.41) is 11.0. The number of amides is 1. The molecular weight excluding hydrogens is 186 g/mol. The quantitative estimate of drug-likeness (QED) is 0.442. The second-order valence-electron chi connectivity index (χ2n) is 2.53. The Hall–Kier alpha value is -1.54. The normalized spacial score (nSPS) is 11.2. The van der Waals surface area contributed by atoms with E-state index in [1.165, 1.54) is 7.11 Å². The van der Waals surface area contributed by atoms with Crippen molar-refractivity contribution in [2.45, 2.75) is 18.9 Å². The van der Waals surface area contributed by atoms with E-state index in [1.807, 2.05) is 0 Å². The zero-order valence-corrected chi connectivity index (χ0v) is 7.95. The number of hydrogen-bond donors (Lipinski definition) is 2. The molecule has 0 rings (SSSR count). The first-order valence-corrected chi connectivity index (χ1v) is 4.07. The van der Waals surface area contributed by atoms with Crippen molar-refractivity contribution in [3.8, 4) is 12.3 Å². The van der Waals surface area contributed by atoms with Gasteiger partial charge in [-0.05, 0) is 0 Å². The fourth-order valence-electron chi connectivity index (χ4n) is 0.774. The fraction of sp³-hybridized carbons (Fsp3) is 0.556. The van der Waals surface area contributed by atoms with E-state index >= 15 is 0 Å². The van der Waals surface area contributed by atoms with Gasteiger partial charge in [0.2, 0.25) is 5.91 Å². The maximum atomic E-state index is 11.1. The second-order valence-corrected chi connectivity index (χ2v) is 2.53. The molecule has 0 radical (unpaired) electrons. The van der Waals surface area contributed by atoms with Gasteiger partial charge < -0.3 is 15.2 Å². The average molecular weight is 199 g/mol. The Morgan fingerprint density at radius 2 is 2.29 bits per heavy atom. The van der Waals surface area contributed by atoms with Gasteiger partial charge in [0.15, 0.2) is 6.04 Å². The number of aliphatic hydroxyl groups excluding tert-OH is 1. The maximum absolute atomic E-state index is 11.1. The Labute approximate surface area is 82.4 Å². The fourth-order valence-corrected chi connectivity index (χ4v) is 0.774. The third kappa shape index (κ3) is 4.48. The van der Waals surface area contributed by atoms with Gasteiger partial charge in [0, 0.05) is 12.8 Å². The molecule has 5 nitrogen and oxygen atoms in total. The molecule has 0 aliphatic carbocycles. The smallest absolute Gasteiger partial charge is 0.330 e. The molecule has 2 N–H and O–H groups in total. The number of ether oxygens (including phenoxy) is 1. The number of nitrogens with one attached hydrogen (secondary N) is 1. The summed E-state index contributed by atoms with van der Waals surface area (Å²) in [5.41, 5.74) is 0. The van der Waals surface area contributed by atoms with Crippen LogP contribution in [0.15, 0.2) is 0 Å². The molecule has 1 atom stereocenters. The van der Waals surface area contributed by atoms with Crippen molar-refractivity contribution in [2.75, 3.05) is 13.7 Å². The zero-order chi connectivity index (χ0) is 11.0. The van der Waals surface area contributed by atoms with Gasteiger partial charge in [-0.25, -0.2) is 4.79 Å². The van der Waals surface area contributed by atoms with Crippen molar-refractivity contribution < 1.29 is 19.4 Å². The predicted octanol–water partition coefficient (Wildman–Crippen LogP) is -0.950. The van der Waals surface area contributed by atoms with Crippen LogP contribution < -0.4 is 5.32 Å². The SMILES string of the molecule is C#CCCC(=O)N[C@H](CO)C(=O)OC. The van der Waals surface area contributed by atoms with Crippen LogP contribution in [0.5, 0.6) is 0 Å². The summed E-state index contributed by atoms with van der Waals surface area (Å²) in [4.78, 5) is 22.0. The van der Waals surface area contributed by atoms with Crippen molar-refractivity contribution in [3.05, 3.63) is 0 Å². The van der Waals surface area contributed by atoms with Crippen LogP contribution in [-0.2, 0) is 14.3 Å². The summed E-state index contributed by atoms with van der Waals surface area (Å²) in [7, 11) is 1.18. The van der Waals surface area contributed by atoms with Gasteiger partial charge in [-0.1, -0.05) is 0 Å². The zero-order valence-electron chi connectivity index (χ0n) is 7.95. The third-order valence-corrected chi connectivity index (χ3v) is 1.50. The second kappa shape index (κ2) is 6.92. The van der Waals surface area contributed by atoms with Gasteiger partial charge in [-0.3, -0.25) is 4.79 Å². The van der Waals surface area contributed by atoms with Crippen molar-refractivity contribution in [1.29, 1.82) is 0 Å². The molecule has 0 aliphatic rings. The Bertz CT molecular complexity index is 244. The Morgan fingerprint density at radius 3 is 2.71 bits per heavy atom. The van der Waals surface area contributed by atoms with Crippen LogP contribution in [-0.4, -0.2) is 36.7 Å². The minimum absolute atomic E-state index is 0.129. The first kappa shape index (κ1) is 12.5. The number of rotatable bonds is 5. The van der Waals surface area contributed by atoms with E-state index in [0.717, 1.165) is 0 Å². The monoisotopic (exact) mass is 199 g/mol. The molecule has 0 bridgehead atoms. The van der Waals surface area contributed by atoms with Crippen LogP contribution in [0.3, 0.4) is 0 Å². The van der Waals surface area contributed by atoms with Crippen molar-refractivity contribution in [3.63, 3.8) is 0 Å². The van der Waals surface area contributed by atoms with E-state index in [9.17, 15) is 9.59 Å². The summed E-state index contributed by atoms with van der Waals surface area (Å²) in [6.45, 7) is -0.492. The van der Waals surface area contributed by atoms with E-state index in [-0.39, 0.29) is 12.3 Å². The lowest BCUT2D eigenvalue weighted by molar-refractivity contribution is -0.146. The number of carbonyl (C=O) groups excluding carboxylic acids is 2. The predicted molar refractivity (Wildman–Crippen MR) is 49.1 cm³/mol.